The van der Waals surface area contributed by atoms with Gasteiger partial charge >= 0.3 is 6.09 Å². The molecule has 1 amide bonds. The first-order valence-corrected chi connectivity index (χ1v) is 12.6. The molecule has 1 aliphatic heterocycles. The summed E-state index contributed by atoms with van der Waals surface area (Å²) in [5, 5.41) is 0.825. The van der Waals surface area contributed by atoms with Crippen molar-refractivity contribution in [2.24, 2.45) is 0 Å². The highest BCUT2D eigenvalue weighted by atomic mass is 16.6. The van der Waals surface area contributed by atoms with Crippen LogP contribution in [-0.2, 0) is 4.74 Å². The van der Waals surface area contributed by atoms with Gasteiger partial charge in [-0.05, 0) is 70.4 Å². The third-order valence-corrected chi connectivity index (χ3v) is 6.59. The Hall–Kier alpha value is -4.07. The number of amides is 1. The van der Waals surface area contributed by atoms with Crippen LogP contribution in [0.1, 0.15) is 45.3 Å². The van der Waals surface area contributed by atoms with Gasteiger partial charge in [-0.25, -0.2) is 14.8 Å². The average molecular weight is 500 g/mol. The quantitative estimate of drug-likeness (QED) is 0.351. The number of nitrogens with zero attached hydrogens (tertiary/aromatic N) is 4. The molecule has 192 valence electrons. The molecule has 1 saturated heterocycles. The first-order valence-electron chi connectivity index (χ1n) is 12.6. The summed E-state index contributed by atoms with van der Waals surface area (Å²) in [6.45, 7) is 8.97. The van der Waals surface area contributed by atoms with E-state index in [1.807, 2.05) is 75.4 Å². The number of nitrogen functional groups attached to an aromatic ring is 1. The topological polar surface area (TPSA) is 95.5 Å². The summed E-state index contributed by atoms with van der Waals surface area (Å²) in [6.07, 6.45) is 3.03. The number of piperidine rings is 1. The largest absolute Gasteiger partial charge is 0.457 e. The molecule has 0 aliphatic carbocycles. The van der Waals surface area contributed by atoms with Crippen LogP contribution >= 0.6 is 0 Å². The van der Waals surface area contributed by atoms with Gasteiger partial charge in [0.05, 0.1) is 11.4 Å². The van der Waals surface area contributed by atoms with E-state index in [4.69, 9.17) is 15.2 Å². The molecule has 2 aromatic heterocycles. The van der Waals surface area contributed by atoms with Gasteiger partial charge in [0.1, 0.15) is 34.9 Å². The summed E-state index contributed by atoms with van der Waals surface area (Å²) in [5.41, 5.74) is 9.69. The third-order valence-electron chi connectivity index (χ3n) is 6.59. The number of rotatable bonds is 4. The van der Waals surface area contributed by atoms with Crippen molar-refractivity contribution in [1.82, 2.24) is 19.4 Å². The molecule has 5 rings (SSSR count). The van der Waals surface area contributed by atoms with E-state index < -0.39 is 5.60 Å². The summed E-state index contributed by atoms with van der Waals surface area (Å²) >= 11 is 0. The van der Waals surface area contributed by atoms with Crippen LogP contribution < -0.4 is 10.5 Å². The molecule has 1 aliphatic rings. The Labute approximate surface area is 217 Å². The molecule has 2 aromatic carbocycles. The van der Waals surface area contributed by atoms with Crippen LogP contribution in [0.25, 0.3) is 22.2 Å². The molecule has 8 nitrogen and oxygen atoms in total. The molecule has 4 aromatic rings. The maximum atomic E-state index is 12.8. The number of carbonyl (C=O) groups is 1. The minimum atomic E-state index is -0.536. The van der Waals surface area contributed by atoms with Crippen LogP contribution in [0.15, 0.2) is 60.9 Å². The van der Waals surface area contributed by atoms with Gasteiger partial charge in [0, 0.05) is 24.3 Å². The number of hydrogen-bond donors (Lipinski definition) is 1. The molecule has 0 radical (unpaired) electrons. The van der Waals surface area contributed by atoms with Gasteiger partial charge in [-0.15, -0.1) is 0 Å². The summed E-state index contributed by atoms with van der Waals surface area (Å²) < 4.78 is 13.8. The van der Waals surface area contributed by atoms with E-state index in [-0.39, 0.29) is 12.1 Å². The third kappa shape index (κ3) is 5.09. The zero-order valence-corrected chi connectivity index (χ0v) is 21.8. The molecular weight excluding hydrogens is 466 g/mol. The van der Waals surface area contributed by atoms with Crippen molar-refractivity contribution in [3.05, 3.63) is 66.6 Å². The molecule has 1 fully saturated rings. The van der Waals surface area contributed by atoms with Gasteiger partial charge in [0.25, 0.3) is 0 Å². The Morgan fingerprint density at radius 2 is 1.73 bits per heavy atom. The minimum absolute atomic E-state index is 0.0486. The molecule has 0 saturated carbocycles. The van der Waals surface area contributed by atoms with Crippen molar-refractivity contribution in [3.8, 4) is 22.6 Å². The lowest BCUT2D eigenvalue weighted by molar-refractivity contribution is 0.0173. The van der Waals surface area contributed by atoms with E-state index in [1.165, 1.54) is 6.33 Å². The predicted octanol–water partition coefficient (Wildman–Crippen LogP) is 6.35. The zero-order chi connectivity index (χ0) is 26.2. The van der Waals surface area contributed by atoms with Gasteiger partial charge in [-0.2, -0.15) is 0 Å². The molecule has 37 heavy (non-hydrogen) atoms. The molecule has 2 N–H and O–H groups in total. The second-order valence-corrected chi connectivity index (χ2v) is 10.4. The molecule has 3 heterocycles. The summed E-state index contributed by atoms with van der Waals surface area (Å²) in [7, 11) is 0. The van der Waals surface area contributed by atoms with Crippen molar-refractivity contribution in [2.45, 2.75) is 52.2 Å². The Morgan fingerprint density at radius 1 is 1.03 bits per heavy atom. The number of fused-ring (bicyclic) bond motifs is 1. The highest BCUT2D eigenvalue weighted by Gasteiger charge is 2.31. The first-order chi connectivity index (χ1) is 17.7. The normalized spacial score (nSPS) is 16.1. The predicted molar refractivity (Wildman–Crippen MR) is 145 cm³/mol. The number of para-hydroxylation sites is 1. The highest BCUT2D eigenvalue weighted by molar-refractivity contribution is 6.02. The lowest BCUT2D eigenvalue weighted by atomic mass is 10.0. The van der Waals surface area contributed by atoms with Gasteiger partial charge < -0.3 is 24.7 Å². The van der Waals surface area contributed by atoms with Gasteiger partial charge in [0.2, 0.25) is 0 Å². The molecule has 0 bridgehead atoms. The van der Waals surface area contributed by atoms with Crippen LogP contribution in [0, 0.1) is 6.92 Å². The maximum Gasteiger partial charge on any atom is 0.410 e. The fourth-order valence-electron chi connectivity index (χ4n) is 5.04. The lowest BCUT2D eigenvalue weighted by Gasteiger charge is -2.35. The highest BCUT2D eigenvalue weighted by Crippen LogP contribution is 2.40. The van der Waals surface area contributed by atoms with Crippen LogP contribution in [0.4, 0.5) is 10.6 Å². The Balaban J connectivity index is 1.50. The smallest absolute Gasteiger partial charge is 0.410 e. The van der Waals surface area contributed by atoms with E-state index in [2.05, 4.69) is 21.5 Å². The number of ether oxygens (including phenoxy) is 2. The number of carbonyl (C=O) groups excluding carboxylic acids is 1. The molecule has 0 unspecified atom stereocenters. The standard InChI is InChI=1S/C29H33N5O3/c1-19-24(20-12-14-23(15-13-20)36-22-10-6-5-7-11-22)25-26(30)31-18-32-27(25)34(19)21-9-8-16-33(17-21)28(35)37-29(2,3)4/h5-7,10-15,18,21H,8-9,16-17H2,1-4H3,(H2,30,31,32)/t21-/m1/s1. The molecule has 1 atom stereocenters. The Bertz CT molecular complexity index is 1410. The minimum Gasteiger partial charge on any atom is -0.457 e. The fraction of sp³-hybridized carbons (Fsp3) is 0.345. The van der Waals surface area contributed by atoms with Crippen molar-refractivity contribution in [1.29, 1.82) is 0 Å². The van der Waals surface area contributed by atoms with Crippen molar-refractivity contribution >= 4 is 22.9 Å². The lowest BCUT2D eigenvalue weighted by Crippen LogP contribution is -2.43. The van der Waals surface area contributed by atoms with Crippen molar-refractivity contribution < 1.29 is 14.3 Å². The Kier molecular flexibility index (Phi) is 6.50. The van der Waals surface area contributed by atoms with Crippen LogP contribution in [0.2, 0.25) is 0 Å². The van der Waals surface area contributed by atoms with Crippen molar-refractivity contribution in [3.63, 3.8) is 0 Å². The van der Waals surface area contributed by atoms with E-state index in [0.717, 1.165) is 52.2 Å². The number of likely N-dealkylation sites (tertiary alicyclic amines) is 1. The van der Waals surface area contributed by atoms with Gasteiger partial charge in [0.15, 0.2) is 0 Å². The number of nitrogens with two attached hydrogens (primary N) is 1. The first kappa shape index (κ1) is 24.6. The summed E-state index contributed by atoms with van der Waals surface area (Å²) in [5.74, 6) is 1.97. The maximum absolute atomic E-state index is 12.8. The van der Waals surface area contributed by atoms with Crippen LogP contribution in [0.5, 0.6) is 11.5 Å². The Morgan fingerprint density at radius 3 is 2.43 bits per heavy atom. The van der Waals surface area contributed by atoms with Crippen molar-refractivity contribution in [2.75, 3.05) is 18.8 Å². The summed E-state index contributed by atoms with van der Waals surface area (Å²) in [6, 6.07) is 17.7. The monoisotopic (exact) mass is 499 g/mol. The van der Waals surface area contributed by atoms with E-state index in [0.29, 0.717) is 18.9 Å². The SMILES string of the molecule is Cc1c(-c2ccc(Oc3ccccc3)cc2)c2c(N)ncnc2n1[C@@H]1CCCN(C(=O)OC(C)(C)C)C1. The van der Waals surface area contributed by atoms with Gasteiger partial charge in [-0.1, -0.05) is 30.3 Å². The second-order valence-electron chi connectivity index (χ2n) is 10.4. The molecular formula is C29H33N5O3. The number of aromatic nitrogens is 3. The summed E-state index contributed by atoms with van der Waals surface area (Å²) in [4.78, 5) is 23.5. The number of anilines is 1. The average Bonchev–Trinajstić information content (AvgIpc) is 3.17. The number of hydrogen-bond acceptors (Lipinski definition) is 6. The van der Waals surface area contributed by atoms with Gasteiger partial charge in [-0.3, -0.25) is 0 Å². The number of benzene rings is 2. The van der Waals surface area contributed by atoms with E-state index >= 15 is 0 Å². The fourth-order valence-corrected chi connectivity index (χ4v) is 5.04. The van der Waals surface area contributed by atoms with Crippen LogP contribution in [0.3, 0.4) is 0 Å². The van der Waals surface area contributed by atoms with E-state index in [9.17, 15) is 4.79 Å². The molecule has 0 spiro atoms. The zero-order valence-electron chi connectivity index (χ0n) is 21.8. The van der Waals surface area contributed by atoms with E-state index in [1.54, 1.807) is 4.90 Å². The second kappa shape index (κ2) is 9.76. The van der Waals surface area contributed by atoms with Crippen LogP contribution in [-0.4, -0.2) is 44.2 Å². The molecule has 8 heteroatoms.